The van der Waals surface area contributed by atoms with E-state index in [1.54, 1.807) is 29.2 Å². The van der Waals surface area contributed by atoms with Gasteiger partial charge in [-0.25, -0.2) is 0 Å². The van der Waals surface area contributed by atoms with Crippen molar-refractivity contribution in [1.82, 2.24) is 5.32 Å². The molecule has 2 amide bonds. The first-order chi connectivity index (χ1) is 10.4. The molecule has 2 aliphatic rings. The molecule has 0 bridgehead atoms. The lowest BCUT2D eigenvalue weighted by atomic mass is 10.1. The topological polar surface area (TPSA) is 86.7 Å². The number of carboxylic acid groups (broad SMARTS) is 1. The Morgan fingerprint density at radius 3 is 2.45 bits per heavy atom. The van der Waals surface area contributed by atoms with E-state index in [0.29, 0.717) is 36.5 Å². The highest BCUT2D eigenvalue weighted by molar-refractivity contribution is 6.30. The van der Waals surface area contributed by atoms with Gasteiger partial charge in [0.1, 0.15) is 11.5 Å². The lowest BCUT2D eigenvalue weighted by molar-refractivity contribution is -0.149. The summed E-state index contributed by atoms with van der Waals surface area (Å²) in [6.45, 7) is 0.478. The molecule has 22 heavy (non-hydrogen) atoms. The summed E-state index contributed by atoms with van der Waals surface area (Å²) in [5.74, 6) is -1.90. The summed E-state index contributed by atoms with van der Waals surface area (Å²) in [5.41, 5.74) is -0.612. The largest absolute Gasteiger partial charge is 0.480 e. The second kappa shape index (κ2) is 5.28. The second-order valence-electron chi connectivity index (χ2n) is 5.67. The van der Waals surface area contributed by atoms with Crippen molar-refractivity contribution in [2.75, 3.05) is 11.4 Å². The third-order valence-electron chi connectivity index (χ3n) is 4.24. The number of carboxylic acids is 1. The van der Waals surface area contributed by atoms with Crippen LogP contribution in [0.5, 0.6) is 0 Å². The molecular formula is C15H15ClN2O4. The van der Waals surface area contributed by atoms with E-state index in [1.165, 1.54) is 0 Å². The van der Waals surface area contributed by atoms with E-state index in [-0.39, 0.29) is 5.91 Å². The molecule has 1 aromatic rings. The van der Waals surface area contributed by atoms with E-state index < -0.39 is 23.3 Å². The number of carbonyl (C=O) groups is 3. The Hall–Kier alpha value is -2.08. The molecule has 0 unspecified atom stereocenters. The number of carbonyl (C=O) groups excluding carboxylic acids is 2. The average molecular weight is 323 g/mol. The quantitative estimate of drug-likeness (QED) is 0.821. The lowest BCUT2D eigenvalue weighted by Gasteiger charge is -2.18. The highest BCUT2D eigenvalue weighted by Gasteiger charge is 2.57. The number of halogens is 1. The number of benzene rings is 1. The minimum absolute atomic E-state index is 0.225. The zero-order chi connectivity index (χ0) is 15.9. The maximum absolute atomic E-state index is 12.4. The van der Waals surface area contributed by atoms with Gasteiger partial charge in [-0.05, 0) is 43.5 Å². The molecule has 1 heterocycles. The van der Waals surface area contributed by atoms with Crippen molar-refractivity contribution in [2.45, 2.75) is 25.3 Å². The number of anilines is 1. The lowest BCUT2D eigenvalue weighted by Crippen LogP contribution is -2.46. The van der Waals surface area contributed by atoms with Crippen molar-refractivity contribution in [3.63, 3.8) is 0 Å². The summed E-state index contributed by atoms with van der Waals surface area (Å²) in [5, 5.41) is 12.3. The molecule has 0 spiro atoms. The molecule has 0 aromatic heterocycles. The number of rotatable bonds is 4. The molecule has 1 aromatic carbocycles. The van der Waals surface area contributed by atoms with Gasteiger partial charge in [-0.1, -0.05) is 11.6 Å². The molecule has 1 atom stereocenters. The van der Waals surface area contributed by atoms with Gasteiger partial charge in [-0.3, -0.25) is 14.4 Å². The Kier molecular flexibility index (Phi) is 3.56. The molecule has 1 aliphatic carbocycles. The smallest absolute Gasteiger partial charge is 0.319 e. The Morgan fingerprint density at radius 2 is 1.91 bits per heavy atom. The average Bonchev–Trinajstić information content (AvgIpc) is 3.23. The zero-order valence-electron chi connectivity index (χ0n) is 11.7. The molecule has 7 heteroatoms. The number of nitrogens with zero attached hydrogens (tertiary/aromatic N) is 1. The third-order valence-corrected chi connectivity index (χ3v) is 4.50. The molecule has 3 rings (SSSR count). The molecule has 6 nitrogen and oxygen atoms in total. The minimum Gasteiger partial charge on any atom is -0.480 e. The predicted molar refractivity (Wildman–Crippen MR) is 79.7 cm³/mol. The Balaban J connectivity index is 1.68. The molecule has 116 valence electrons. The van der Waals surface area contributed by atoms with Crippen molar-refractivity contribution in [3.8, 4) is 0 Å². The van der Waals surface area contributed by atoms with Crippen LogP contribution in [0, 0.1) is 5.41 Å². The first kappa shape index (κ1) is 14.8. The highest BCUT2D eigenvalue weighted by Crippen LogP contribution is 2.46. The first-order valence-corrected chi connectivity index (χ1v) is 7.43. The minimum atomic E-state index is -1.33. The van der Waals surface area contributed by atoms with Crippen LogP contribution in [-0.4, -0.2) is 35.5 Å². The van der Waals surface area contributed by atoms with Crippen molar-refractivity contribution in [1.29, 1.82) is 0 Å². The Morgan fingerprint density at radius 1 is 1.27 bits per heavy atom. The SMILES string of the molecule is O=C1[C@H](NC(=O)C2(C(=O)O)CC2)CCN1c1ccc(Cl)cc1. The molecule has 1 saturated carbocycles. The summed E-state index contributed by atoms with van der Waals surface area (Å²) >= 11 is 5.82. The van der Waals surface area contributed by atoms with Gasteiger partial charge >= 0.3 is 5.97 Å². The van der Waals surface area contributed by atoms with Crippen LogP contribution < -0.4 is 10.2 Å². The first-order valence-electron chi connectivity index (χ1n) is 7.05. The zero-order valence-corrected chi connectivity index (χ0v) is 12.5. The van der Waals surface area contributed by atoms with Crippen LogP contribution >= 0.6 is 11.6 Å². The van der Waals surface area contributed by atoms with Crippen LogP contribution in [-0.2, 0) is 14.4 Å². The van der Waals surface area contributed by atoms with Crippen LogP contribution in [0.2, 0.25) is 5.02 Å². The summed E-state index contributed by atoms with van der Waals surface area (Å²) in [6.07, 6.45) is 1.12. The van der Waals surface area contributed by atoms with Crippen LogP contribution in [0.15, 0.2) is 24.3 Å². The standard InChI is InChI=1S/C15H15ClN2O4/c16-9-1-3-10(4-2-9)18-8-5-11(12(18)19)17-13(20)15(6-7-15)14(21)22/h1-4,11H,5-8H2,(H,17,20)(H,21,22)/t11-/m1/s1. The highest BCUT2D eigenvalue weighted by atomic mass is 35.5. The summed E-state index contributed by atoms with van der Waals surface area (Å²) in [4.78, 5) is 37.2. The van der Waals surface area contributed by atoms with Crippen LogP contribution in [0.3, 0.4) is 0 Å². The summed E-state index contributed by atoms with van der Waals surface area (Å²) in [7, 11) is 0. The van der Waals surface area contributed by atoms with E-state index in [1.807, 2.05) is 0 Å². The van der Waals surface area contributed by atoms with Crippen LogP contribution in [0.4, 0.5) is 5.69 Å². The van der Waals surface area contributed by atoms with E-state index in [0.717, 1.165) is 0 Å². The van der Waals surface area contributed by atoms with Gasteiger partial charge in [0.25, 0.3) is 0 Å². The fraction of sp³-hybridized carbons (Fsp3) is 0.400. The fourth-order valence-electron chi connectivity index (χ4n) is 2.65. The van der Waals surface area contributed by atoms with E-state index >= 15 is 0 Å². The number of hydrogen-bond acceptors (Lipinski definition) is 3. The molecule has 1 saturated heterocycles. The van der Waals surface area contributed by atoms with Gasteiger partial charge in [0.2, 0.25) is 11.8 Å². The van der Waals surface area contributed by atoms with E-state index in [4.69, 9.17) is 16.7 Å². The predicted octanol–water partition coefficient (Wildman–Crippen LogP) is 1.43. The van der Waals surface area contributed by atoms with Crippen molar-refractivity contribution in [2.24, 2.45) is 5.41 Å². The van der Waals surface area contributed by atoms with Crippen molar-refractivity contribution in [3.05, 3.63) is 29.3 Å². The second-order valence-corrected chi connectivity index (χ2v) is 6.10. The molecule has 0 radical (unpaired) electrons. The van der Waals surface area contributed by atoms with Gasteiger partial charge in [0, 0.05) is 17.3 Å². The van der Waals surface area contributed by atoms with Gasteiger partial charge in [0.05, 0.1) is 0 Å². The van der Waals surface area contributed by atoms with Crippen LogP contribution in [0.25, 0.3) is 0 Å². The van der Waals surface area contributed by atoms with Crippen molar-refractivity contribution < 1.29 is 19.5 Å². The van der Waals surface area contributed by atoms with Gasteiger partial charge < -0.3 is 15.3 Å². The fourth-order valence-corrected chi connectivity index (χ4v) is 2.78. The van der Waals surface area contributed by atoms with Crippen LogP contribution in [0.1, 0.15) is 19.3 Å². The maximum atomic E-state index is 12.4. The summed E-state index contributed by atoms with van der Waals surface area (Å²) in [6, 6.07) is 6.20. The number of amides is 2. The molecular weight excluding hydrogens is 308 g/mol. The van der Waals surface area contributed by atoms with E-state index in [2.05, 4.69) is 5.32 Å². The Labute approximate surface area is 132 Å². The van der Waals surface area contributed by atoms with Gasteiger partial charge in [-0.15, -0.1) is 0 Å². The molecule has 2 N–H and O–H groups in total. The molecule has 1 aliphatic heterocycles. The number of aliphatic carboxylic acids is 1. The monoisotopic (exact) mass is 322 g/mol. The molecule has 2 fully saturated rings. The van der Waals surface area contributed by atoms with Gasteiger partial charge in [0.15, 0.2) is 0 Å². The Bertz CT molecular complexity index is 639. The van der Waals surface area contributed by atoms with Gasteiger partial charge in [-0.2, -0.15) is 0 Å². The normalized spacial score (nSPS) is 22.5. The summed E-state index contributed by atoms with van der Waals surface area (Å²) < 4.78 is 0. The number of nitrogens with one attached hydrogen (secondary N) is 1. The van der Waals surface area contributed by atoms with Crippen molar-refractivity contribution >= 4 is 35.1 Å². The number of hydrogen-bond donors (Lipinski definition) is 2. The van der Waals surface area contributed by atoms with E-state index in [9.17, 15) is 14.4 Å². The third kappa shape index (κ3) is 2.43. The maximum Gasteiger partial charge on any atom is 0.319 e.